The zero-order chi connectivity index (χ0) is 15.6. The minimum atomic E-state index is 0.157. The fraction of sp³-hybridized carbons (Fsp3) is 0.611. The van der Waals surface area contributed by atoms with Crippen LogP contribution in [0, 0.1) is 11.8 Å². The highest BCUT2D eigenvalue weighted by molar-refractivity contribution is 5.99. The van der Waals surface area contributed by atoms with Gasteiger partial charge in [0.25, 0.3) is 5.91 Å². The number of likely N-dealkylation sites (tertiary alicyclic amines) is 1. The Bertz CT molecular complexity index is 498. The van der Waals surface area contributed by atoms with Crippen LogP contribution in [0.2, 0.25) is 0 Å². The third-order valence-electron chi connectivity index (χ3n) is 4.46. The van der Waals surface area contributed by atoms with Crippen LogP contribution in [-0.2, 0) is 0 Å². The molecule has 116 valence electrons. The van der Waals surface area contributed by atoms with Crippen LogP contribution < -0.4 is 5.32 Å². The lowest BCUT2D eigenvalue weighted by Gasteiger charge is -2.41. The molecule has 1 aromatic rings. The molecule has 1 aromatic carbocycles. The summed E-state index contributed by atoms with van der Waals surface area (Å²) < 4.78 is 0. The number of hydrogen-bond acceptors (Lipinski definition) is 2. The SMILES string of the molecule is CC1CC(C)C(C)N(C(=O)c2ccccc2NC(C)C)C1. The van der Waals surface area contributed by atoms with Gasteiger partial charge >= 0.3 is 0 Å². The van der Waals surface area contributed by atoms with E-state index in [-0.39, 0.29) is 5.91 Å². The highest BCUT2D eigenvalue weighted by Gasteiger charge is 2.33. The van der Waals surface area contributed by atoms with Crippen LogP contribution in [0.3, 0.4) is 0 Å². The number of nitrogens with one attached hydrogen (secondary N) is 1. The predicted molar refractivity (Wildman–Crippen MR) is 88.6 cm³/mol. The first-order chi connectivity index (χ1) is 9.90. The first kappa shape index (κ1) is 15.9. The lowest BCUT2D eigenvalue weighted by atomic mass is 9.85. The summed E-state index contributed by atoms with van der Waals surface area (Å²) in [5, 5.41) is 3.38. The molecule has 0 spiro atoms. The van der Waals surface area contributed by atoms with Crippen molar-refractivity contribution < 1.29 is 4.79 Å². The van der Waals surface area contributed by atoms with Crippen molar-refractivity contribution in [3.05, 3.63) is 29.8 Å². The van der Waals surface area contributed by atoms with Crippen molar-refractivity contribution in [1.29, 1.82) is 0 Å². The Kier molecular flexibility index (Phi) is 4.92. The van der Waals surface area contributed by atoms with Gasteiger partial charge in [-0.3, -0.25) is 4.79 Å². The highest BCUT2D eigenvalue weighted by Crippen LogP contribution is 2.29. The summed E-state index contributed by atoms with van der Waals surface area (Å²) >= 11 is 0. The number of carbonyl (C=O) groups is 1. The van der Waals surface area contributed by atoms with Crippen LogP contribution in [0.15, 0.2) is 24.3 Å². The molecule has 3 unspecified atom stereocenters. The van der Waals surface area contributed by atoms with Crippen molar-refractivity contribution in [3.8, 4) is 0 Å². The summed E-state index contributed by atoms with van der Waals surface area (Å²) in [5.74, 6) is 1.29. The summed E-state index contributed by atoms with van der Waals surface area (Å²) in [4.78, 5) is 15.0. The average Bonchev–Trinajstić information content (AvgIpc) is 2.42. The molecule has 0 radical (unpaired) electrons. The normalized spacial score (nSPS) is 26.0. The van der Waals surface area contributed by atoms with Crippen LogP contribution in [0.1, 0.15) is 51.4 Å². The van der Waals surface area contributed by atoms with Crippen LogP contribution >= 0.6 is 0 Å². The highest BCUT2D eigenvalue weighted by atomic mass is 16.2. The van der Waals surface area contributed by atoms with Gasteiger partial charge in [-0.05, 0) is 51.2 Å². The van der Waals surface area contributed by atoms with Gasteiger partial charge in [0.2, 0.25) is 0 Å². The van der Waals surface area contributed by atoms with Crippen LogP contribution in [-0.4, -0.2) is 29.4 Å². The molecule has 0 aromatic heterocycles. The van der Waals surface area contributed by atoms with Gasteiger partial charge in [0.15, 0.2) is 0 Å². The average molecular weight is 288 g/mol. The molecule has 1 aliphatic heterocycles. The molecule has 1 aliphatic rings. The second-order valence-corrected chi connectivity index (χ2v) is 6.86. The molecule has 1 heterocycles. The minimum absolute atomic E-state index is 0.157. The Balaban J connectivity index is 2.27. The standard InChI is InChI=1S/C18H28N2O/c1-12(2)19-17-9-7-6-8-16(17)18(21)20-11-13(3)10-14(4)15(20)5/h6-9,12-15,19H,10-11H2,1-5H3. The molecule has 21 heavy (non-hydrogen) atoms. The van der Waals surface area contributed by atoms with Crippen molar-refractivity contribution in [2.75, 3.05) is 11.9 Å². The third kappa shape index (κ3) is 3.58. The van der Waals surface area contributed by atoms with E-state index < -0.39 is 0 Å². The second kappa shape index (κ2) is 6.50. The van der Waals surface area contributed by atoms with Gasteiger partial charge in [0.1, 0.15) is 0 Å². The number of benzene rings is 1. The summed E-state index contributed by atoms with van der Waals surface area (Å²) in [7, 11) is 0. The smallest absolute Gasteiger partial charge is 0.256 e. The quantitative estimate of drug-likeness (QED) is 0.911. The van der Waals surface area contributed by atoms with Gasteiger partial charge in [0.05, 0.1) is 5.56 Å². The summed E-state index contributed by atoms with van der Waals surface area (Å²) in [6.45, 7) is 11.7. The fourth-order valence-corrected chi connectivity index (χ4v) is 3.24. The number of carbonyl (C=O) groups excluding carboxylic acids is 1. The zero-order valence-corrected chi connectivity index (χ0v) is 13.9. The van der Waals surface area contributed by atoms with E-state index >= 15 is 0 Å². The van der Waals surface area contributed by atoms with Gasteiger partial charge in [0, 0.05) is 24.3 Å². The molecular formula is C18H28N2O. The summed E-state index contributed by atoms with van der Waals surface area (Å²) in [6, 6.07) is 8.47. The maximum Gasteiger partial charge on any atom is 0.256 e. The first-order valence-electron chi connectivity index (χ1n) is 8.06. The summed E-state index contributed by atoms with van der Waals surface area (Å²) in [5.41, 5.74) is 1.73. The molecule has 3 nitrogen and oxygen atoms in total. The Morgan fingerprint density at radius 3 is 2.57 bits per heavy atom. The lowest BCUT2D eigenvalue weighted by molar-refractivity contribution is 0.0456. The van der Waals surface area contributed by atoms with E-state index in [2.05, 4.69) is 44.8 Å². The fourth-order valence-electron chi connectivity index (χ4n) is 3.24. The largest absolute Gasteiger partial charge is 0.382 e. The predicted octanol–water partition coefficient (Wildman–Crippen LogP) is 4.01. The molecule has 0 saturated carbocycles. The van der Waals surface area contributed by atoms with Gasteiger partial charge in [-0.2, -0.15) is 0 Å². The van der Waals surface area contributed by atoms with Crippen LogP contribution in [0.25, 0.3) is 0 Å². The van der Waals surface area contributed by atoms with Crippen molar-refractivity contribution in [3.63, 3.8) is 0 Å². The third-order valence-corrected chi connectivity index (χ3v) is 4.46. The molecular weight excluding hydrogens is 260 g/mol. The summed E-state index contributed by atoms with van der Waals surface area (Å²) in [6.07, 6.45) is 1.21. The van der Waals surface area contributed by atoms with E-state index in [0.717, 1.165) is 17.8 Å². The number of hydrogen-bond donors (Lipinski definition) is 1. The number of rotatable bonds is 3. The van der Waals surface area contributed by atoms with Crippen molar-refractivity contribution in [1.82, 2.24) is 4.90 Å². The van der Waals surface area contributed by atoms with Crippen molar-refractivity contribution in [2.24, 2.45) is 11.8 Å². The lowest BCUT2D eigenvalue weighted by Crippen LogP contribution is -2.49. The first-order valence-corrected chi connectivity index (χ1v) is 8.06. The molecule has 3 heteroatoms. The molecule has 2 rings (SSSR count). The molecule has 1 N–H and O–H groups in total. The molecule has 1 fully saturated rings. The monoisotopic (exact) mass is 288 g/mol. The topological polar surface area (TPSA) is 32.3 Å². The van der Waals surface area contributed by atoms with Gasteiger partial charge in [-0.1, -0.05) is 26.0 Å². The number of anilines is 1. The zero-order valence-electron chi connectivity index (χ0n) is 13.9. The van der Waals surface area contributed by atoms with E-state index in [1.807, 2.05) is 24.3 Å². The minimum Gasteiger partial charge on any atom is -0.382 e. The van der Waals surface area contributed by atoms with Gasteiger partial charge < -0.3 is 10.2 Å². The molecule has 1 amide bonds. The van der Waals surface area contributed by atoms with E-state index in [1.165, 1.54) is 6.42 Å². The van der Waals surface area contributed by atoms with E-state index in [0.29, 0.717) is 23.9 Å². The van der Waals surface area contributed by atoms with Crippen molar-refractivity contribution in [2.45, 2.75) is 53.1 Å². The van der Waals surface area contributed by atoms with Crippen molar-refractivity contribution >= 4 is 11.6 Å². The number of para-hydroxylation sites is 1. The van der Waals surface area contributed by atoms with Crippen LogP contribution in [0.4, 0.5) is 5.69 Å². The van der Waals surface area contributed by atoms with E-state index in [4.69, 9.17) is 0 Å². The molecule has 3 atom stereocenters. The number of piperidine rings is 1. The number of amides is 1. The maximum atomic E-state index is 13.0. The molecule has 0 aliphatic carbocycles. The molecule has 1 saturated heterocycles. The Morgan fingerprint density at radius 1 is 1.24 bits per heavy atom. The van der Waals surface area contributed by atoms with E-state index in [1.54, 1.807) is 0 Å². The number of nitrogens with zero attached hydrogens (tertiary/aromatic N) is 1. The van der Waals surface area contributed by atoms with Gasteiger partial charge in [-0.25, -0.2) is 0 Å². The second-order valence-electron chi connectivity index (χ2n) is 6.86. The Hall–Kier alpha value is -1.51. The molecule has 0 bridgehead atoms. The van der Waals surface area contributed by atoms with Gasteiger partial charge in [-0.15, -0.1) is 0 Å². The Labute approximate surface area is 128 Å². The Morgan fingerprint density at radius 2 is 1.90 bits per heavy atom. The maximum absolute atomic E-state index is 13.0. The van der Waals surface area contributed by atoms with E-state index in [9.17, 15) is 4.79 Å². The van der Waals surface area contributed by atoms with Crippen LogP contribution in [0.5, 0.6) is 0 Å².